The minimum atomic E-state index is 0.959. The highest BCUT2D eigenvalue weighted by Gasteiger charge is 2.03. The number of fused-ring (bicyclic) bond motifs is 2. The minimum absolute atomic E-state index is 0.959. The van der Waals surface area contributed by atoms with Gasteiger partial charge in [-0.1, -0.05) is 38.2 Å². The first-order valence-corrected chi connectivity index (χ1v) is 5.13. The lowest BCUT2D eigenvalue weighted by Gasteiger charge is -1.96. The number of aliphatic imine (C=N–C) groups is 1. The third-order valence-electron chi connectivity index (χ3n) is 1.94. The molecule has 0 saturated heterocycles. The van der Waals surface area contributed by atoms with Crippen molar-refractivity contribution in [3.63, 3.8) is 0 Å². The Labute approximate surface area is 86.2 Å². The van der Waals surface area contributed by atoms with Crippen molar-refractivity contribution in [2.75, 3.05) is 0 Å². The second-order valence-corrected chi connectivity index (χ2v) is 3.11. The SMILES string of the molecule is CC.CC1=CC2=CC=CC=C(C2)N=C1. The van der Waals surface area contributed by atoms with Crippen LogP contribution < -0.4 is 0 Å². The van der Waals surface area contributed by atoms with Crippen LogP contribution >= 0.6 is 0 Å². The van der Waals surface area contributed by atoms with Gasteiger partial charge in [0.2, 0.25) is 0 Å². The molecular weight excluding hydrogens is 170 g/mol. The molecule has 2 bridgehead atoms. The van der Waals surface area contributed by atoms with E-state index < -0.39 is 0 Å². The first-order valence-electron chi connectivity index (χ1n) is 5.13. The maximum absolute atomic E-state index is 4.36. The van der Waals surface area contributed by atoms with Crippen molar-refractivity contribution < 1.29 is 0 Å². The molecule has 0 unspecified atom stereocenters. The van der Waals surface area contributed by atoms with Crippen LogP contribution in [0, 0.1) is 0 Å². The van der Waals surface area contributed by atoms with Crippen molar-refractivity contribution in [2.24, 2.45) is 4.99 Å². The van der Waals surface area contributed by atoms with Crippen molar-refractivity contribution in [1.29, 1.82) is 0 Å². The quantitative estimate of drug-likeness (QED) is 0.546. The minimum Gasteiger partial charge on any atom is -0.261 e. The van der Waals surface area contributed by atoms with Gasteiger partial charge < -0.3 is 0 Å². The average Bonchev–Trinajstić information content (AvgIpc) is 2.53. The highest BCUT2D eigenvalue weighted by atomic mass is 14.7. The monoisotopic (exact) mass is 187 g/mol. The largest absolute Gasteiger partial charge is 0.261 e. The second kappa shape index (κ2) is 5.38. The van der Waals surface area contributed by atoms with E-state index in [1.807, 2.05) is 26.1 Å². The van der Waals surface area contributed by atoms with Crippen LogP contribution in [0.3, 0.4) is 0 Å². The summed E-state index contributed by atoms with van der Waals surface area (Å²) in [6.45, 7) is 6.08. The molecule has 0 N–H and O–H groups in total. The van der Waals surface area contributed by atoms with Gasteiger partial charge in [-0.3, -0.25) is 4.99 Å². The van der Waals surface area contributed by atoms with E-state index in [-0.39, 0.29) is 0 Å². The average molecular weight is 187 g/mol. The Kier molecular flexibility index (Phi) is 4.11. The highest BCUT2D eigenvalue weighted by Crippen LogP contribution is 2.20. The summed E-state index contributed by atoms with van der Waals surface area (Å²) in [6.07, 6.45) is 13.4. The first-order chi connectivity index (χ1) is 6.84. The normalized spacial score (nSPS) is 18.1. The van der Waals surface area contributed by atoms with Crippen molar-refractivity contribution in [2.45, 2.75) is 27.2 Å². The summed E-state index contributed by atoms with van der Waals surface area (Å²) >= 11 is 0. The Morgan fingerprint density at radius 2 is 1.86 bits per heavy atom. The Morgan fingerprint density at radius 3 is 2.64 bits per heavy atom. The highest BCUT2D eigenvalue weighted by molar-refractivity contribution is 5.80. The molecule has 0 aromatic heterocycles. The number of nitrogens with zero attached hydrogens (tertiary/aromatic N) is 1. The van der Waals surface area contributed by atoms with Gasteiger partial charge in [0.15, 0.2) is 0 Å². The van der Waals surface area contributed by atoms with Gasteiger partial charge in [-0.05, 0) is 24.1 Å². The molecule has 0 spiro atoms. The van der Waals surface area contributed by atoms with Gasteiger partial charge in [0.05, 0.1) is 0 Å². The summed E-state index contributed by atoms with van der Waals surface area (Å²) in [5.74, 6) is 0. The van der Waals surface area contributed by atoms with Gasteiger partial charge in [-0.15, -0.1) is 0 Å². The third kappa shape index (κ3) is 2.84. The fraction of sp³-hybridized carbons (Fsp3) is 0.308. The van der Waals surface area contributed by atoms with E-state index in [4.69, 9.17) is 0 Å². The predicted molar refractivity (Wildman–Crippen MR) is 63.5 cm³/mol. The van der Waals surface area contributed by atoms with Crippen LogP contribution in [0.5, 0.6) is 0 Å². The van der Waals surface area contributed by atoms with Gasteiger partial charge >= 0.3 is 0 Å². The van der Waals surface area contributed by atoms with E-state index in [0.29, 0.717) is 0 Å². The molecule has 14 heavy (non-hydrogen) atoms. The Hall–Kier alpha value is -1.37. The maximum Gasteiger partial charge on any atom is 0.0447 e. The van der Waals surface area contributed by atoms with E-state index in [1.54, 1.807) is 0 Å². The molecular formula is C13H17N. The molecule has 1 aliphatic carbocycles. The summed E-state index contributed by atoms with van der Waals surface area (Å²) in [6, 6.07) is 0. The van der Waals surface area contributed by atoms with Crippen LogP contribution in [0.1, 0.15) is 27.2 Å². The smallest absolute Gasteiger partial charge is 0.0447 e. The zero-order valence-corrected chi connectivity index (χ0v) is 9.12. The van der Waals surface area contributed by atoms with Gasteiger partial charge in [0.1, 0.15) is 0 Å². The van der Waals surface area contributed by atoms with Crippen molar-refractivity contribution in [3.05, 3.63) is 47.2 Å². The molecule has 1 nitrogen and oxygen atoms in total. The molecule has 74 valence electrons. The number of allylic oxidation sites excluding steroid dienone is 7. The molecule has 0 fully saturated rings. The van der Waals surface area contributed by atoms with Crippen LogP contribution in [0.2, 0.25) is 0 Å². The van der Waals surface area contributed by atoms with E-state index >= 15 is 0 Å². The third-order valence-corrected chi connectivity index (χ3v) is 1.94. The molecule has 1 heterocycles. The van der Waals surface area contributed by atoms with Crippen LogP contribution in [0.25, 0.3) is 0 Å². The van der Waals surface area contributed by atoms with Crippen LogP contribution in [0.4, 0.5) is 0 Å². The Morgan fingerprint density at radius 1 is 1.14 bits per heavy atom. The summed E-state index contributed by atoms with van der Waals surface area (Å²) in [5.41, 5.74) is 3.70. The van der Waals surface area contributed by atoms with E-state index in [1.165, 1.54) is 11.1 Å². The van der Waals surface area contributed by atoms with Crippen molar-refractivity contribution in [1.82, 2.24) is 0 Å². The molecule has 0 saturated carbocycles. The van der Waals surface area contributed by atoms with Crippen molar-refractivity contribution >= 4 is 6.21 Å². The fourth-order valence-corrected chi connectivity index (χ4v) is 1.38. The van der Waals surface area contributed by atoms with E-state index in [9.17, 15) is 0 Å². The predicted octanol–water partition coefficient (Wildman–Crippen LogP) is 3.81. The summed E-state index contributed by atoms with van der Waals surface area (Å²) in [5, 5.41) is 0. The molecule has 1 aliphatic heterocycles. The lowest BCUT2D eigenvalue weighted by Crippen LogP contribution is -1.78. The van der Waals surface area contributed by atoms with Gasteiger partial charge in [0, 0.05) is 18.3 Å². The summed E-state index contributed by atoms with van der Waals surface area (Å²) in [7, 11) is 0. The number of hydrogen-bond acceptors (Lipinski definition) is 1. The van der Waals surface area contributed by atoms with Crippen molar-refractivity contribution in [3.8, 4) is 0 Å². The van der Waals surface area contributed by atoms with E-state index in [0.717, 1.165) is 12.1 Å². The second-order valence-electron chi connectivity index (χ2n) is 3.11. The van der Waals surface area contributed by atoms with Crippen LogP contribution in [0.15, 0.2) is 52.2 Å². The zero-order chi connectivity index (χ0) is 10.4. The number of rotatable bonds is 0. The van der Waals surface area contributed by atoms with E-state index in [2.05, 4.69) is 36.2 Å². The Balaban J connectivity index is 0.000000461. The molecule has 0 atom stereocenters. The molecule has 0 aromatic rings. The van der Waals surface area contributed by atoms with Crippen LogP contribution in [-0.4, -0.2) is 6.21 Å². The van der Waals surface area contributed by atoms with Gasteiger partial charge in [-0.25, -0.2) is 0 Å². The molecule has 2 aliphatic rings. The zero-order valence-electron chi connectivity index (χ0n) is 9.12. The topological polar surface area (TPSA) is 12.4 Å². The molecule has 1 heteroatoms. The van der Waals surface area contributed by atoms with Gasteiger partial charge in [0.25, 0.3) is 0 Å². The molecule has 0 aromatic carbocycles. The lowest BCUT2D eigenvalue weighted by molar-refractivity contribution is 1.14. The standard InChI is InChI=1S/C11H11N.C2H6/c1-9-6-10-4-2-3-5-11(7-10)12-8-9;1-2/h2-6,8H,7H2,1H3;1-2H3. The maximum atomic E-state index is 4.36. The molecule has 0 amide bonds. The Bertz CT molecular complexity index is 338. The van der Waals surface area contributed by atoms with Crippen LogP contribution in [-0.2, 0) is 0 Å². The molecule has 2 rings (SSSR count). The summed E-state index contributed by atoms with van der Waals surface area (Å²) < 4.78 is 0. The lowest BCUT2D eigenvalue weighted by atomic mass is 10.1. The summed E-state index contributed by atoms with van der Waals surface area (Å²) in [4.78, 5) is 4.36. The van der Waals surface area contributed by atoms with Gasteiger partial charge in [-0.2, -0.15) is 0 Å². The fourth-order valence-electron chi connectivity index (χ4n) is 1.38. The molecule has 0 radical (unpaired) electrons. The number of hydrogen-bond donors (Lipinski definition) is 0. The first kappa shape index (κ1) is 10.7.